The van der Waals surface area contributed by atoms with Crippen molar-refractivity contribution in [2.75, 3.05) is 20.8 Å². The van der Waals surface area contributed by atoms with E-state index in [0.717, 1.165) is 16.4 Å². The van der Waals surface area contributed by atoms with Crippen LogP contribution in [0.5, 0.6) is 11.5 Å². The number of carboxylic acid groups (broad SMARTS) is 1. The summed E-state index contributed by atoms with van der Waals surface area (Å²) in [5, 5.41) is 8.94. The van der Waals surface area contributed by atoms with Gasteiger partial charge in [-0.25, -0.2) is 13.2 Å². The Kier molecular flexibility index (Phi) is 7.71. The highest BCUT2D eigenvalue weighted by molar-refractivity contribution is 7.89. The molecule has 7 nitrogen and oxygen atoms in total. The van der Waals surface area contributed by atoms with Gasteiger partial charge in [-0.1, -0.05) is 30.3 Å². The van der Waals surface area contributed by atoms with Gasteiger partial charge in [0.2, 0.25) is 10.0 Å². The Morgan fingerprint density at radius 2 is 1.71 bits per heavy atom. The summed E-state index contributed by atoms with van der Waals surface area (Å²) in [6.45, 7) is -0.820. The molecule has 0 amide bonds. The lowest BCUT2D eigenvalue weighted by Crippen LogP contribution is -2.27. The summed E-state index contributed by atoms with van der Waals surface area (Å²) in [6.07, 6.45) is -4.58. The van der Waals surface area contributed by atoms with Crippen LogP contribution in [0.15, 0.2) is 71.6 Å². The molecule has 0 atom stereocenters. The van der Waals surface area contributed by atoms with E-state index < -0.39 is 34.3 Å². The topological polar surface area (TPSA) is 93.1 Å². The summed E-state index contributed by atoms with van der Waals surface area (Å²) in [4.78, 5) is 10.9. The molecule has 0 aliphatic rings. The highest BCUT2D eigenvalue weighted by atomic mass is 32.2. The number of halogens is 3. The van der Waals surface area contributed by atoms with Gasteiger partial charge >= 0.3 is 12.1 Å². The molecule has 0 aliphatic heterocycles. The number of ether oxygens (including phenoxy) is 2. The van der Waals surface area contributed by atoms with Crippen molar-refractivity contribution in [2.45, 2.75) is 17.6 Å². The first-order valence-corrected chi connectivity index (χ1v) is 11.6. The molecule has 3 rings (SSSR count). The number of carboxylic acids is 1. The van der Waals surface area contributed by atoms with E-state index in [1.807, 2.05) is 0 Å². The Hall–Kier alpha value is -3.57. The quantitative estimate of drug-likeness (QED) is 0.451. The van der Waals surface area contributed by atoms with Crippen LogP contribution in [-0.2, 0) is 27.5 Å². The number of alkyl halides is 3. The number of hydrogen-bond acceptors (Lipinski definition) is 5. The summed E-state index contributed by atoms with van der Waals surface area (Å²) in [6, 6.07) is 15.0. The predicted octanol–water partition coefficient (Wildman–Crippen LogP) is 4.67. The number of aliphatic carboxylic acids is 1. The number of para-hydroxylation sites is 1. The van der Waals surface area contributed by atoms with Gasteiger partial charge in [-0.2, -0.15) is 17.5 Å². The molecular weight excluding hydrogens is 487 g/mol. The fraction of sp³-hybridized carbons (Fsp3) is 0.208. The predicted molar refractivity (Wildman–Crippen MR) is 122 cm³/mol. The summed E-state index contributed by atoms with van der Waals surface area (Å²) in [5.74, 6) is -1.04. The molecule has 0 radical (unpaired) electrons. The second kappa shape index (κ2) is 10.4. The van der Waals surface area contributed by atoms with Crippen LogP contribution in [0.4, 0.5) is 13.2 Å². The molecule has 0 spiro atoms. The van der Waals surface area contributed by atoms with Crippen molar-refractivity contribution in [2.24, 2.45) is 0 Å². The summed E-state index contributed by atoms with van der Waals surface area (Å²) in [7, 11) is -1.25. The van der Waals surface area contributed by atoms with Crippen LogP contribution in [0, 0.1) is 0 Å². The lowest BCUT2D eigenvalue weighted by atomic mass is 9.99. The summed E-state index contributed by atoms with van der Waals surface area (Å²) < 4.78 is 77.5. The van der Waals surface area contributed by atoms with E-state index in [-0.39, 0.29) is 34.1 Å². The van der Waals surface area contributed by atoms with Crippen molar-refractivity contribution in [1.29, 1.82) is 0 Å². The minimum atomic E-state index is -4.58. The Balaban J connectivity index is 2.01. The molecule has 1 N–H and O–H groups in total. The Bertz CT molecular complexity index is 1320. The first-order valence-electron chi connectivity index (χ1n) is 10.2. The van der Waals surface area contributed by atoms with Gasteiger partial charge in [0, 0.05) is 19.2 Å². The summed E-state index contributed by atoms with van der Waals surface area (Å²) >= 11 is 0. The van der Waals surface area contributed by atoms with Crippen LogP contribution in [-0.4, -0.2) is 44.6 Å². The smallest absolute Gasteiger partial charge is 0.416 e. The minimum Gasteiger partial charge on any atom is -0.495 e. The molecule has 0 aromatic heterocycles. The normalized spacial score (nSPS) is 11.9. The van der Waals surface area contributed by atoms with Gasteiger partial charge in [-0.05, 0) is 47.5 Å². The molecule has 186 valence electrons. The van der Waals surface area contributed by atoms with Crippen molar-refractivity contribution in [3.63, 3.8) is 0 Å². The van der Waals surface area contributed by atoms with E-state index in [1.54, 1.807) is 12.1 Å². The van der Waals surface area contributed by atoms with E-state index in [2.05, 4.69) is 0 Å². The van der Waals surface area contributed by atoms with Crippen LogP contribution >= 0.6 is 0 Å². The molecule has 35 heavy (non-hydrogen) atoms. The highest BCUT2D eigenvalue weighted by Gasteiger charge is 2.31. The monoisotopic (exact) mass is 509 g/mol. The second-order valence-corrected chi connectivity index (χ2v) is 9.52. The zero-order chi connectivity index (χ0) is 25.8. The first-order chi connectivity index (χ1) is 16.4. The standard InChI is InChI=1S/C24H22F3NO6S/c1-28(35(31,32)22-9-4-3-8-21(22)33-2)14-16-10-11-20(34-15-23(29)30)19(12-16)17-6-5-7-18(13-17)24(25,26)27/h3-13H,14-15H2,1-2H3,(H,29,30). The number of benzene rings is 3. The van der Waals surface area contributed by atoms with Crippen molar-refractivity contribution < 1.29 is 41.0 Å². The maximum absolute atomic E-state index is 13.3. The maximum Gasteiger partial charge on any atom is 0.416 e. The molecule has 3 aromatic carbocycles. The molecule has 0 aliphatic carbocycles. The molecule has 0 saturated heterocycles. The molecular formula is C24H22F3NO6S. The fourth-order valence-corrected chi connectivity index (χ4v) is 4.68. The lowest BCUT2D eigenvalue weighted by Gasteiger charge is -2.20. The lowest BCUT2D eigenvalue weighted by molar-refractivity contribution is -0.139. The van der Waals surface area contributed by atoms with Crippen LogP contribution in [0.3, 0.4) is 0 Å². The van der Waals surface area contributed by atoms with E-state index >= 15 is 0 Å². The van der Waals surface area contributed by atoms with E-state index in [0.29, 0.717) is 5.56 Å². The zero-order valence-electron chi connectivity index (χ0n) is 18.7. The van der Waals surface area contributed by atoms with Crippen molar-refractivity contribution >= 4 is 16.0 Å². The SMILES string of the molecule is COc1ccccc1S(=O)(=O)N(C)Cc1ccc(OCC(=O)O)c(-c2cccc(C(F)(F)F)c2)c1. The van der Waals surface area contributed by atoms with Crippen molar-refractivity contribution in [3.05, 3.63) is 77.9 Å². The van der Waals surface area contributed by atoms with E-state index in [1.165, 1.54) is 56.6 Å². The number of nitrogens with zero attached hydrogens (tertiary/aromatic N) is 1. The molecule has 0 bridgehead atoms. The van der Waals surface area contributed by atoms with Crippen molar-refractivity contribution in [1.82, 2.24) is 4.31 Å². The molecule has 3 aromatic rings. The number of sulfonamides is 1. The maximum atomic E-state index is 13.3. The zero-order valence-corrected chi connectivity index (χ0v) is 19.6. The number of methoxy groups -OCH3 is 1. The number of carbonyl (C=O) groups is 1. The summed E-state index contributed by atoms with van der Waals surface area (Å²) in [5.41, 5.74) is -0.114. The molecule has 0 fully saturated rings. The van der Waals surface area contributed by atoms with Crippen LogP contribution in [0.1, 0.15) is 11.1 Å². The number of rotatable bonds is 9. The largest absolute Gasteiger partial charge is 0.495 e. The van der Waals surface area contributed by atoms with Crippen LogP contribution < -0.4 is 9.47 Å². The van der Waals surface area contributed by atoms with Gasteiger partial charge < -0.3 is 14.6 Å². The van der Waals surface area contributed by atoms with Gasteiger partial charge in [0.15, 0.2) is 6.61 Å². The minimum absolute atomic E-state index is 0.0375. The highest BCUT2D eigenvalue weighted by Crippen LogP contribution is 2.36. The van der Waals surface area contributed by atoms with Crippen LogP contribution in [0.25, 0.3) is 11.1 Å². The molecule has 0 unspecified atom stereocenters. The molecule has 0 saturated carbocycles. The third-order valence-corrected chi connectivity index (χ3v) is 6.90. The third-order valence-electron chi connectivity index (χ3n) is 5.06. The van der Waals surface area contributed by atoms with Gasteiger partial charge in [0.1, 0.15) is 16.4 Å². The van der Waals surface area contributed by atoms with E-state index in [9.17, 15) is 26.4 Å². The van der Waals surface area contributed by atoms with Crippen molar-refractivity contribution in [3.8, 4) is 22.6 Å². The number of hydrogen-bond donors (Lipinski definition) is 1. The second-order valence-electron chi connectivity index (χ2n) is 7.50. The Morgan fingerprint density at radius 1 is 1.00 bits per heavy atom. The van der Waals surface area contributed by atoms with Gasteiger partial charge in [0.25, 0.3) is 0 Å². The Labute approximate surface area is 200 Å². The van der Waals surface area contributed by atoms with Gasteiger partial charge in [-0.3, -0.25) is 0 Å². The average molecular weight is 510 g/mol. The molecule has 0 heterocycles. The first kappa shape index (κ1) is 26.0. The van der Waals surface area contributed by atoms with Gasteiger partial charge in [-0.15, -0.1) is 0 Å². The van der Waals surface area contributed by atoms with E-state index in [4.69, 9.17) is 14.6 Å². The van der Waals surface area contributed by atoms with Gasteiger partial charge in [0.05, 0.1) is 12.7 Å². The van der Waals surface area contributed by atoms with Crippen LogP contribution in [0.2, 0.25) is 0 Å². The fourth-order valence-electron chi connectivity index (χ4n) is 3.37. The molecule has 11 heteroatoms. The Morgan fingerprint density at radius 3 is 2.37 bits per heavy atom. The third kappa shape index (κ3) is 6.11. The average Bonchev–Trinajstić information content (AvgIpc) is 2.82.